The molecule has 1 aromatic carbocycles. The molecule has 1 rings (SSSR count). The molecule has 0 spiro atoms. The van der Waals surface area contributed by atoms with Crippen molar-refractivity contribution in [2.45, 2.75) is 13.8 Å². The van der Waals surface area contributed by atoms with Crippen molar-refractivity contribution < 1.29 is 14.3 Å². The lowest BCUT2D eigenvalue weighted by Crippen LogP contribution is -2.17. The highest BCUT2D eigenvalue weighted by Gasteiger charge is 2.18. The second-order valence-corrected chi connectivity index (χ2v) is 2.41. The van der Waals surface area contributed by atoms with E-state index in [1.165, 1.54) is 6.07 Å². The lowest BCUT2D eigenvalue weighted by atomic mass is 10.1. The van der Waals surface area contributed by atoms with Crippen LogP contribution in [0.25, 0.3) is 0 Å². The Morgan fingerprint density at radius 3 is 2.20 bits per heavy atom. The van der Waals surface area contributed by atoms with Gasteiger partial charge in [0.2, 0.25) is 0 Å². The Morgan fingerprint density at radius 2 is 1.73 bits per heavy atom. The van der Waals surface area contributed by atoms with Crippen molar-refractivity contribution in [1.29, 1.82) is 0 Å². The number of hydrogen-bond acceptors (Lipinski definition) is 4. The molecular weight excluding hydrogens is 194 g/mol. The molecule has 0 bridgehead atoms. The molecule has 0 fully saturated rings. The third-order valence-electron chi connectivity index (χ3n) is 1.58. The first-order chi connectivity index (χ1) is 7.16. The van der Waals surface area contributed by atoms with Gasteiger partial charge in [0.25, 0.3) is 5.78 Å². The molecule has 0 aliphatic rings. The third-order valence-corrected chi connectivity index (χ3v) is 1.58. The number of carbonyl (C=O) groups is 2. The molecule has 0 saturated carbocycles. The van der Waals surface area contributed by atoms with Gasteiger partial charge in [0.1, 0.15) is 0 Å². The molecule has 0 aliphatic heterocycles. The molecule has 0 amide bonds. The lowest BCUT2D eigenvalue weighted by molar-refractivity contribution is -0.135. The van der Waals surface area contributed by atoms with E-state index in [-0.39, 0.29) is 11.3 Å². The summed E-state index contributed by atoms with van der Waals surface area (Å²) in [5.41, 5.74) is 5.94. The van der Waals surface area contributed by atoms with Gasteiger partial charge >= 0.3 is 5.97 Å². The van der Waals surface area contributed by atoms with Crippen LogP contribution >= 0.6 is 0 Å². The molecule has 0 saturated heterocycles. The minimum Gasteiger partial charge on any atom is -0.463 e. The summed E-state index contributed by atoms with van der Waals surface area (Å²) in [7, 11) is 1.15. The summed E-state index contributed by atoms with van der Waals surface area (Å²) in [6.07, 6.45) is 0. The van der Waals surface area contributed by atoms with E-state index in [0.29, 0.717) is 0 Å². The summed E-state index contributed by atoms with van der Waals surface area (Å²) in [4.78, 5) is 22.1. The van der Waals surface area contributed by atoms with Crippen LogP contribution in [0, 0.1) is 0 Å². The summed E-state index contributed by atoms with van der Waals surface area (Å²) >= 11 is 0. The number of ether oxygens (including phenoxy) is 1. The SMILES string of the molecule is CC.COC(=O)C(=O)c1ccccc1N. The standard InChI is InChI=1S/C9H9NO3.C2H6/c1-13-9(12)8(11)6-4-2-3-5-7(6)10;1-2/h2-5H,10H2,1H3;1-2H3. The number of benzene rings is 1. The molecule has 4 heteroatoms. The highest BCUT2D eigenvalue weighted by atomic mass is 16.5. The molecule has 0 unspecified atom stereocenters. The molecule has 2 N–H and O–H groups in total. The summed E-state index contributed by atoms with van der Waals surface area (Å²) in [6.45, 7) is 4.00. The van der Waals surface area contributed by atoms with E-state index in [1.54, 1.807) is 18.2 Å². The van der Waals surface area contributed by atoms with E-state index < -0.39 is 11.8 Å². The second kappa shape index (κ2) is 6.59. The number of ketones is 1. The van der Waals surface area contributed by atoms with E-state index in [0.717, 1.165) is 7.11 Å². The average Bonchev–Trinajstić information content (AvgIpc) is 2.30. The van der Waals surface area contributed by atoms with Crippen LogP contribution in [0.2, 0.25) is 0 Å². The van der Waals surface area contributed by atoms with Crippen LogP contribution < -0.4 is 5.73 Å². The van der Waals surface area contributed by atoms with Crippen LogP contribution in [-0.4, -0.2) is 18.9 Å². The highest BCUT2D eigenvalue weighted by molar-refractivity contribution is 6.41. The fourth-order valence-electron chi connectivity index (χ4n) is 0.906. The zero-order valence-corrected chi connectivity index (χ0v) is 9.11. The predicted molar refractivity (Wildman–Crippen MR) is 58.5 cm³/mol. The second-order valence-electron chi connectivity index (χ2n) is 2.41. The van der Waals surface area contributed by atoms with Gasteiger partial charge in [0.05, 0.1) is 12.7 Å². The van der Waals surface area contributed by atoms with Gasteiger partial charge in [0.15, 0.2) is 0 Å². The van der Waals surface area contributed by atoms with Gasteiger partial charge in [-0.25, -0.2) is 4.79 Å². The topological polar surface area (TPSA) is 69.4 Å². The summed E-state index contributed by atoms with van der Waals surface area (Å²) in [5, 5.41) is 0. The third kappa shape index (κ3) is 3.42. The quantitative estimate of drug-likeness (QED) is 0.348. The number of rotatable bonds is 2. The van der Waals surface area contributed by atoms with Gasteiger partial charge in [-0.1, -0.05) is 26.0 Å². The van der Waals surface area contributed by atoms with Crippen molar-refractivity contribution in [3.8, 4) is 0 Å². The van der Waals surface area contributed by atoms with Crippen LogP contribution in [-0.2, 0) is 9.53 Å². The largest absolute Gasteiger partial charge is 0.463 e. The van der Waals surface area contributed by atoms with Gasteiger partial charge in [0, 0.05) is 5.69 Å². The average molecular weight is 209 g/mol. The Balaban J connectivity index is 0.000000921. The highest BCUT2D eigenvalue weighted by Crippen LogP contribution is 2.11. The zero-order chi connectivity index (χ0) is 11.8. The lowest BCUT2D eigenvalue weighted by Gasteiger charge is -2.01. The molecular formula is C11H15NO3. The van der Waals surface area contributed by atoms with Crippen molar-refractivity contribution >= 4 is 17.4 Å². The van der Waals surface area contributed by atoms with Crippen LogP contribution in [0.3, 0.4) is 0 Å². The molecule has 0 heterocycles. The number of Topliss-reactive ketones (excluding diaryl/α,β-unsaturated/α-hetero) is 1. The number of anilines is 1. The number of methoxy groups -OCH3 is 1. The molecule has 1 aromatic rings. The van der Waals surface area contributed by atoms with Crippen molar-refractivity contribution in [2.75, 3.05) is 12.8 Å². The Labute approximate surface area is 89.0 Å². The molecule has 4 nitrogen and oxygen atoms in total. The van der Waals surface area contributed by atoms with Crippen LogP contribution in [0.4, 0.5) is 5.69 Å². The van der Waals surface area contributed by atoms with E-state index in [4.69, 9.17) is 5.73 Å². The Kier molecular flexibility index (Phi) is 5.78. The van der Waals surface area contributed by atoms with Gasteiger partial charge in [-0.3, -0.25) is 4.79 Å². The fraction of sp³-hybridized carbons (Fsp3) is 0.273. The van der Waals surface area contributed by atoms with Crippen molar-refractivity contribution in [1.82, 2.24) is 0 Å². The number of carbonyl (C=O) groups excluding carboxylic acids is 2. The first kappa shape index (κ1) is 13.2. The maximum atomic E-state index is 11.2. The van der Waals surface area contributed by atoms with Gasteiger partial charge in [-0.15, -0.1) is 0 Å². The first-order valence-corrected chi connectivity index (χ1v) is 4.64. The molecule has 0 radical (unpaired) electrons. The number of nitrogens with two attached hydrogens (primary N) is 1. The molecule has 0 aromatic heterocycles. The van der Waals surface area contributed by atoms with E-state index in [1.807, 2.05) is 13.8 Å². The number of para-hydroxylation sites is 1. The molecule has 82 valence electrons. The van der Waals surface area contributed by atoms with Crippen LogP contribution in [0.15, 0.2) is 24.3 Å². The smallest absolute Gasteiger partial charge is 0.379 e. The maximum absolute atomic E-state index is 11.2. The van der Waals surface area contributed by atoms with Crippen LogP contribution in [0.5, 0.6) is 0 Å². The maximum Gasteiger partial charge on any atom is 0.379 e. The monoisotopic (exact) mass is 209 g/mol. The summed E-state index contributed by atoms with van der Waals surface area (Å²) < 4.78 is 4.28. The van der Waals surface area contributed by atoms with Gasteiger partial charge < -0.3 is 10.5 Å². The van der Waals surface area contributed by atoms with Crippen LogP contribution in [0.1, 0.15) is 24.2 Å². The Morgan fingerprint density at radius 1 is 1.20 bits per heavy atom. The van der Waals surface area contributed by atoms with E-state index in [9.17, 15) is 9.59 Å². The number of esters is 1. The van der Waals surface area contributed by atoms with E-state index >= 15 is 0 Å². The fourth-order valence-corrected chi connectivity index (χ4v) is 0.906. The summed E-state index contributed by atoms with van der Waals surface area (Å²) in [5.74, 6) is -1.63. The molecule has 0 atom stereocenters. The normalized spacial score (nSPS) is 8.47. The number of nitrogen functional groups attached to an aromatic ring is 1. The molecule has 0 aliphatic carbocycles. The van der Waals surface area contributed by atoms with Crippen molar-refractivity contribution in [2.24, 2.45) is 0 Å². The number of hydrogen-bond donors (Lipinski definition) is 1. The summed E-state index contributed by atoms with van der Waals surface area (Å²) in [6, 6.07) is 6.35. The van der Waals surface area contributed by atoms with Gasteiger partial charge in [-0.05, 0) is 12.1 Å². The predicted octanol–water partition coefficient (Wildman–Crippen LogP) is 1.65. The Bertz CT molecular complexity index is 347. The van der Waals surface area contributed by atoms with E-state index in [2.05, 4.69) is 4.74 Å². The van der Waals surface area contributed by atoms with Crippen molar-refractivity contribution in [3.63, 3.8) is 0 Å². The van der Waals surface area contributed by atoms with Gasteiger partial charge in [-0.2, -0.15) is 0 Å². The molecule has 15 heavy (non-hydrogen) atoms. The minimum atomic E-state index is -0.905. The minimum absolute atomic E-state index is 0.175. The Hall–Kier alpha value is -1.84. The van der Waals surface area contributed by atoms with Crippen molar-refractivity contribution in [3.05, 3.63) is 29.8 Å². The first-order valence-electron chi connectivity index (χ1n) is 4.64. The zero-order valence-electron chi connectivity index (χ0n) is 9.11.